The van der Waals surface area contributed by atoms with Gasteiger partial charge in [-0.25, -0.2) is 14.2 Å². The van der Waals surface area contributed by atoms with Crippen molar-refractivity contribution < 1.29 is 19.4 Å². The van der Waals surface area contributed by atoms with Gasteiger partial charge in [-0.3, -0.25) is 4.79 Å². The lowest BCUT2D eigenvalue weighted by atomic mass is 10.2. The fourth-order valence-electron chi connectivity index (χ4n) is 2.90. The smallest absolute Gasteiger partial charge is 0.341 e. The number of thiazole rings is 1. The molecule has 4 aromatic rings. The lowest BCUT2D eigenvalue weighted by molar-refractivity contribution is -0.139. The first kappa shape index (κ1) is 18.0. The van der Waals surface area contributed by atoms with Crippen LogP contribution in [0.1, 0.15) is 12.5 Å². The van der Waals surface area contributed by atoms with Crippen LogP contribution < -0.4 is 19.6 Å². The van der Waals surface area contributed by atoms with E-state index in [0.717, 1.165) is 16.6 Å². The van der Waals surface area contributed by atoms with Crippen LogP contribution in [0.25, 0.3) is 22.1 Å². The molecule has 0 saturated heterocycles. The molecule has 0 aliphatic rings. The first-order chi connectivity index (χ1) is 13.6. The second-order valence-electron chi connectivity index (χ2n) is 5.96. The van der Waals surface area contributed by atoms with Gasteiger partial charge in [0.25, 0.3) is 5.56 Å². The maximum absolute atomic E-state index is 12.8. The third-order valence-electron chi connectivity index (χ3n) is 4.06. The molecule has 0 fully saturated rings. The van der Waals surface area contributed by atoms with E-state index in [1.807, 2.05) is 31.2 Å². The first-order valence-corrected chi connectivity index (χ1v) is 9.41. The molecule has 0 unspecified atom stereocenters. The van der Waals surface area contributed by atoms with Crippen LogP contribution >= 0.6 is 11.3 Å². The van der Waals surface area contributed by atoms with Gasteiger partial charge in [-0.15, -0.1) is 0 Å². The molecule has 2 heterocycles. The van der Waals surface area contributed by atoms with Crippen LogP contribution in [0.4, 0.5) is 0 Å². The van der Waals surface area contributed by atoms with Gasteiger partial charge in [0.05, 0.1) is 22.2 Å². The second kappa shape index (κ2) is 7.32. The number of rotatable bonds is 6. The number of hydrogen-bond donors (Lipinski definition) is 1. The predicted octanol–water partition coefficient (Wildman–Crippen LogP) is 2.32. The largest absolute Gasteiger partial charge is 0.490 e. The molecule has 28 heavy (non-hydrogen) atoms. The molecule has 0 atom stereocenters. The minimum atomic E-state index is -1.07. The van der Waals surface area contributed by atoms with Crippen LogP contribution in [-0.4, -0.2) is 33.7 Å². The number of carboxylic acid groups (broad SMARTS) is 1. The highest BCUT2D eigenvalue weighted by Crippen LogP contribution is 2.29. The normalized spacial score (nSPS) is 12.0. The molecule has 0 radical (unpaired) electrons. The topological polar surface area (TPSA) is 90.1 Å². The summed E-state index contributed by atoms with van der Waals surface area (Å²) in [6, 6.07) is 12.6. The first-order valence-electron chi connectivity index (χ1n) is 8.60. The van der Waals surface area contributed by atoms with Crippen LogP contribution in [-0.2, 0) is 4.79 Å². The highest BCUT2D eigenvalue weighted by atomic mass is 32.1. The summed E-state index contributed by atoms with van der Waals surface area (Å²) in [5.74, 6) is -0.296. The standard InChI is InChI=1S/C20H16N2O5S/c1-2-26-16-9-12(7-8-15(16)27-11-18(23)24)10-17-19(25)22-14-6-4-3-5-13(14)21-20(22)28-17/h3-10H,2,11H2,1H3,(H,23,24)/b17-10-. The number of para-hydroxylation sites is 2. The number of aromatic nitrogens is 2. The lowest BCUT2D eigenvalue weighted by Gasteiger charge is -2.11. The number of carbonyl (C=O) groups is 1. The Kier molecular flexibility index (Phi) is 4.70. The van der Waals surface area contributed by atoms with Crippen molar-refractivity contribution >= 4 is 39.4 Å². The van der Waals surface area contributed by atoms with Crippen LogP contribution in [0, 0.1) is 0 Å². The maximum Gasteiger partial charge on any atom is 0.341 e. The number of nitrogens with zero attached hydrogens (tertiary/aromatic N) is 2. The van der Waals surface area contributed by atoms with Gasteiger partial charge in [-0.1, -0.05) is 29.5 Å². The molecule has 1 N–H and O–H groups in total. The van der Waals surface area contributed by atoms with E-state index < -0.39 is 12.6 Å². The van der Waals surface area contributed by atoms with Crippen molar-refractivity contribution in [3.63, 3.8) is 0 Å². The minimum Gasteiger partial charge on any atom is -0.490 e. The molecule has 142 valence electrons. The van der Waals surface area contributed by atoms with Gasteiger partial charge in [0.2, 0.25) is 0 Å². The van der Waals surface area contributed by atoms with Crippen molar-refractivity contribution in [2.24, 2.45) is 0 Å². The lowest BCUT2D eigenvalue weighted by Crippen LogP contribution is -2.22. The molecule has 0 aliphatic carbocycles. The number of aliphatic carboxylic acids is 1. The van der Waals surface area contributed by atoms with Gasteiger partial charge in [0.1, 0.15) is 0 Å². The molecule has 8 heteroatoms. The molecular formula is C20H16N2O5S. The van der Waals surface area contributed by atoms with Crippen LogP contribution in [0.2, 0.25) is 0 Å². The summed E-state index contributed by atoms with van der Waals surface area (Å²) >= 11 is 1.32. The summed E-state index contributed by atoms with van der Waals surface area (Å²) in [6.07, 6.45) is 1.76. The number of ether oxygens (including phenoxy) is 2. The van der Waals surface area contributed by atoms with E-state index in [-0.39, 0.29) is 5.56 Å². The average Bonchev–Trinajstić information content (AvgIpc) is 3.18. The molecule has 0 bridgehead atoms. The molecule has 0 aliphatic heterocycles. The highest BCUT2D eigenvalue weighted by Gasteiger charge is 2.12. The second-order valence-corrected chi connectivity index (χ2v) is 6.97. The van der Waals surface area contributed by atoms with Crippen molar-refractivity contribution in [3.8, 4) is 11.5 Å². The van der Waals surface area contributed by atoms with Gasteiger partial charge in [-0.05, 0) is 42.8 Å². The molecule has 2 aromatic heterocycles. The average molecular weight is 396 g/mol. The SMILES string of the molecule is CCOc1cc(/C=c2\sc3nc4ccccc4n3c2=O)ccc1OCC(=O)O. The van der Waals surface area contributed by atoms with E-state index in [1.54, 1.807) is 28.7 Å². The van der Waals surface area contributed by atoms with E-state index in [0.29, 0.717) is 27.6 Å². The zero-order valence-electron chi connectivity index (χ0n) is 14.9. The van der Waals surface area contributed by atoms with Gasteiger partial charge >= 0.3 is 5.97 Å². The van der Waals surface area contributed by atoms with E-state index >= 15 is 0 Å². The summed E-state index contributed by atoms with van der Waals surface area (Å²) in [7, 11) is 0. The van der Waals surface area contributed by atoms with Gasteiger partial charge in [-0.2, -0.15) is 0 Å². The summed E-state index contributed by atoms with van der Waals surface area (Å²) < 4.78 is 13.0. The van der Waals surface area contributed by atoms with Crippen molar-refractivity contribution in [2.75, 3.05) is 13.2 Å². The van der Waals surface area contributed by atoms with E-state index in [2.05, 4.69) is 4.98 Å². The van der Waals surface area contributed by atoms with Crippen molar-refractivity contribution in [2.45, 2.75) is 6.92 Å². The van der Waals surface area contributed by atoms with Gasteiger partial charge in [0, 0.05) is 0 Å². The third-order valence-corrected chi connectivity index (χ3v) is 5.03. The van der Waals surface area contributed by atoms with Crippen molar-refractivity contribution in [1.82, 2.24) is 9.38 Å². The Morgan fingerprint density at radius 2 is 2.04 bits per heavy atom. The Labute approximate surface area is 163 Å². The Morgan fingerprint density at radius 3 is 2.82 bits per heavy atom. The van der Waals surface area contributed by atoms with Crippen LogP contribution in [0.15, 0.2) is 47.3 Å². The van der Waals surface area contributed by atoms with Crippen molar-refractivity contribution in [3.05, 3.63) is 62.9 Å². The number of imidazole rings is 1. The van der Waals surface area contributed by atoms with E-state index in [9.17, 15) is 9.59 Å². The maximum atomic E-state index is 12.8. The quantitative estimate of drug-likeness (QED) is 0.538. The summed E-state index contributed by atoms with van der Waals surface area (Å²) in [6.45, 7) is 1.77. The monoisotopic (exact) mass is 396 g/mol. The Morgan fingerprint density at radius 1 is 1.21 bits per heavy atom. The Hall–Kier alpha value is -3.39. The summed E-state index contributed by atoms with van der Waals surface area (Å²) in [5, 5.41) is 8.79. The zero-order valence-corrected chi connectivity index (χ0v) is 15.7. The minimum absolute atomic E-state index is 0.127. The van der Waals surface area contributed by atoms with Gasteiger partial charge < -0.3 is 14.6 Å². The van der Waals surface area contributed by atoms with E-state index in [1.165, 1.54) is 11.3 Å². The Bertz CT molecular complexity index is 1290. The fraction of sp³-hybridized carbons (Fsp3) is 0.150. The zero-order chi connectivity index (χ0) is 19.7. The molecule has 7 nitrogen and oxygen atoms in total. The number of hydrogen-bond acceptors (Lipinski definition) is 6. The molecular weight excluding hydrogens is 380 g/mol. The molecule has 4 rings (SSSR count). The molecule has 0 amide bonds. The predicted molar refractivity (Wildman–Crippen MR) is 106 cm³/mol. The fourth-order valence-corrected chi connectivity index (χ4v) is 3.89. The number of fused-ring (bicyclic) bond motifs is 3. The highest BCUT2D eigenvalue weighted by molar-refractivity contribution is 7.15. The Balaban J connectivity index is 1.78. The molecule has 0 spiro atoms. The third kappa shape index (κ3) is 3.29. The summed E-state index contributed by atoms with van der Waals surface area (Å²) in [4.78, 5) is 28.7. The van der Waals surface area contributed by atoms with E-state index in [4.69, 9.17) is 14.6 Å². The number of carboxylic acids is 1. The van der Waals surface area contributed by atoms with Crippen molar-refractivity contribution in [1.29, 1.82) is 0 Å². The molecule has 2 aromatic carbocycles. The number of benzene rings is 2. The summed E-state index contributed by atoms with van der Waals surface area (Å²) in [5.41, 5.74) is 2.19. The van der Waals surface area contributed by atoms with Crippen LogP contribution in [0.5, 0.6) is 11.5 Å². The van der Waals surface area contributed by atoms with Crippen LogP contribution in [0.3, 0.4) is 0 Å². The molecule has 0 saturated carbocycles. The van der Waals surface area contributed by atoms with Gasteiger partial charge in [0.15, 0.2) is 23.1 Å².